The highest BCUT2D eigenvalue weighted by atomic mass is 19.1. The molecule has 1 saturated heterocycles. The van der Waals surface area contributed by atoms with Crippen molar-refractivity contribution in [2.24, 2.45) is 11.8 Å². The highest BCUT2D eigenvalue weighted by Gasteiger charge is 2.47. The highest BCUT2D eigenvalue weighted by Crippen LogP contribution is 2.45. The standard InChI is InChI=1S/C19H18F2N2O4/c20-13-4-10-16(23(9-1-2-9)7-12(18(10)25)19(26)27)15(21)17(13)22-5-8-3-14(24)11(8)6-22/h4,7-9,11,14,24H,1-3,5-6H2,(H,26,27)/t8-,11+,14-/m1/s1. The van der Waals surface area contributed by atoms with Crippen LogP contribution in [0.15, 0.2) is 17.1 Å². The van der Waals surface area contributed by atoms with Crippen LogP contribution in [0, 0.1) is 23.5 Å². The van der Waals surface area contributed by atoms with E-state index in [0.717, 1.165) is 18.9 Å². The monoisotopic (exact) mass is 376 g/mol. The van der Waals surface area contributed by atoms with E-state index >= 15 is 4.39 Å². The number of carboxylic acid groups (broad SMARTS) is 1. The fourth-order valence-corrected chi connectivity index (χ4v) is 4.57. The number of fused-ring (bicyclic) bond motifs is 2. The number of aliphatic hydroxyl groups is 1. The van der Waals surface area contributed by atoms with Crippen LogP contribution < -0.4 is 10.3 Å². The molecule has 2 N–H and O–H groups in total. The number of aromatic nitrogens is 1. The molecule has 0 bridgehead atoms. The van der Waals surface area contributed by atoms with E-state index in [9.17, 15) is 24.2 Å². The van der Waals surface area contributed by atoms with Crippen LogP contribution in [-0.2, 0) is 0 Å². The van der Waals surface area contributed by atoms with Crippen LogP contribution in [-0.4, -0.2) is 39.9 Å². The topological polar surface area (TPSA) is 82.8 Å². The number of hydrogen-bond donors (Lipinski definition) is 2. The fraction of sp³-hybridized carbons (Fsp3) is 0.474. The molecule has 3 fully saturated rings. The van der Waals surface area contributed by atoms with Gasteiger partial charge in [-0.25, -0.2) is 13.6 Å². The molecule has 2 saturated carbocycles. The zero-order chi connectivity index (χ0) is 19.0. The molecule has 2 aromatic rings. The second-order valence-corrected chi connectivity index (χ2v) is 7.86. The minimum Gasteiger partial charge on any atom is -0.477 e. The minimum atomic E-state index is -1.41. The van der Waals surface area contributed by atoms with Gasteiger partial charge < -0.3 is 19.7 Å². The first kappa shape index (κ1) is 16.7. The number of anilines is 1. The molecule has 0 spiro atoms. The molecule has 3 atom stereocenters. The number of aliphatic hydroxyl groups excluding tert-OH is 1. The number of hydrogen-bond acceptors (Lipinski definition) is 4. The van der Waals surface area contributed by atoms with Crippen LogP contribution >= 0.6 is 0 Å². The lowest BCUT2D eigenvalue weighted by atomic mass is 9.74. The van der Waals surface area contributed by atoms with E-state index in [1.165, 1.54) is 10.8 Å². The van der Waals surface area contributed by atoms with Crippen molar-refractivity contribution in [2.75, 3.05) is 18.0 Å². The number of nitrogens with zero attached hydrogens (tertiary/aromatic N) is 2. The predicted octanol–water partition coefficient (Wildman–Crippen LogP) is 2.13. The van der Waals surface area contributed by atoms with Crippen molar-refractivity contribution in [3.63, 3.8) is 0 Å². The van der Waals surface area contributed by atoms with Crippen molar-refractivity contribution in [2.45, 2.75) is 31.4 Å². The van der Waals surface area contributed by atoms with Gasteiger partial charge in [-0.3, -0.25) is 4.79 Å². The van der Waals surface area contributed by atoms with Crippen LogP contribution in [0.5, 0.6) is 0 Å². The maximum absolute atomic E-state index is 15.5. The normalized spacial score (nSPS) is 26.9. The minimum absolute atomic E-state index is 0.0134. The fourth-order valence-electron chi connectivity index (χ4n) is 4.57. The summed E-state index contributed by atoms with van der Waals surface area (Å²) in [4.78, 5) is 25.5. The Kier molecular flexibility index (Phi) is 3.40. The Bertz CT molecular complexity index is 1050. The number of pyridine rings is 1. The molecule has 2 heterocycles. The highest BCUT2D eigenvalue weighted by molar-refractivity contribution is 5.94. The van der Waals surface area contributed by atoms with Crippen molar-refractivity contribution in [3.05, 3.63) is 39.7 Å². The summed E-state index contributed by atoms with van der Waals surface area (Å²) in [5.74, 6) is -2.89. The van der Waals surface area contributed by atoms with Gasteiger partial charge in [0.05, 0.1) is 17.0 Å². The van der Waals surface area contributed by atoms with Gasteiger partial charge in [-0.15, -0.1) is 0 Å². The van der Waals surface area contributed by atoms with Gasteiger partial charge in [-0.05, 0) is 31.2 Å². The molecular weight excluding hydrogens is 358 g/mol. The number of rotatable bonds is 3. The maximum atomic E-state index is 15.5. The summed E-state index contributed by atoms with van der Waals surface area (Å²) < 4.78 is 31.8. The first-order valence-electron chi connectivity index (χ1n) is 9.10. The molecule has 0 unspecified atom stereocenters. The largest absolute Gasteiger partial charge is 0.477 e. The molecule has 6 nitrogen and oxygen atoms in total. The third kappa shape index (κ3) is 2.32. The molecule has 0 radical (unpaired) electrons. The van der Waals surface area contributed by atoms with Crippen molar-refractivity contribution < 1.29 is 23.8 Å². The molecule has 142 valence electrons. The SMILES string of the molecule is O=C(O)c1cn(C2CC2)c2c(F)c(N3C[C@H]4C[C@@H](O)[C@H]4C3)c(F)cc2c1=O. The van der Waals surface area contributed by atoms with Gasteiger partial charge in [0.25, 0.3) is 0 Å². The van der Waals surface area contributed by atoms with Crippen LogP contribution in [0.2, 0.25) is 0 Å². The molecular formula is C19H18F2N2O4. The maximum Gasteiger partial charge on any atom is 0.341 e. The van der Waals surface area contributed by atoms with E-state index < -0.39 is 34.7 Å². The van der Waals surface area contributed by atoms with Crippen molar-refractivity contribution in [1.29, 1.82) is 0 Å². The van der Waals surface area contributed by atoms with Gasteiger partial charge >= 0.3 is 5.97 Å². The Morgan fingerprint density at radius 3 is 2.56 bits per heavy atom. The lowest BCUT2D eigenvalue weighted by Crippen LogP contribution is -2.39. The lowest BCUT2D eigenvalue weighted by molar-refractivity contribution is -0.00399. The van der Waals surface area contributed by atoms with Gasteiger partial charge in [0, 0.05) is 31.2 Å². The Morgan fingerprint density at radius 1 is 1.22 bits per heavy atom. The van der Waals surface area contributed by atoms with E-state index in [4.69, 9.17) is 0 Å². The molecule has 1 aromatic carbocycles. The summed E-state index contributed by atoms with van der Waals surface area (Å²) in [5, 5.41) is 18.8. The number of carboxylic acids is 1. The Morgan fingerprint density at radius 2 is 1.96 bits per heavy atom. The van der Waals surface area contributed by atoms with Crippen LogP contribution in [0.25, 0.3) is 10.9 Å². The molecule has 8 heteroatoms. The molecule has 2 aliphatic carbocycles. The zero-order valence-electron chi connectivity index (χ0n) is 14.4. The van der Waals surface area contributed by atoms with Gasteiger partial charge in [0.1, 0.15) is 17.1 Å². The summed E-state index contributed by atoms with van der Waals surface area (Å²) in [6.45, 7) is 0.827. The number of aromatic carboxylic acids is 1. The molecule has 3 aliphatic rings. The van der Waals surface area contributed by atoms with Gasteiger partial charge in [-0.2, -0.15) is 0 Å². The first-order chi connectivity index (χ1) is 12.9. The molecule has 0 amide bonds. The third-order valence-corrected chi connectivity index (χ3v) is 6.20. The van der Waals surface area contributed by atoms with Crippen molar-refractivity contribution in [1.82, 2.24) is 4.57 Å². The van der Waals surface area contributed by atoms with E-state index in [-0.39, 0.29) is 34.5 Å². The summed E-state index contributed by atoms with van der Waals surface area (Å²) in [6, 6.07) is 0.869. The summed E-state index contributed by atoms with van der Waals surface area (Å²) in [6.07, 6.45) is 2.88. The number of halogens is 2. The first-order valence-corrected chi connectivity index (χ1v) is 9.10. The van der Waals surface area contributed by atoms with Gasteiger partial charge in [0.15, 0.2) is 5.82 Å². The van der Waals surface area contributed by atoms with E-state index in [1.54, 1.807) is 4.90 Å². The van der Waals surface area contributed by atoms with E-state index in [0.29, 0.717) is 19.5 Å². The lowest BCUT2D eigenvalue weighted by Gasteiger charge is -2.34. The average molecular weight is 376 g/mol. The van der Waals surface area contributed by atoms with E-state index in [2.05, 4.69) is 0 Å². The van der Waals surface area contributed by atoms with Crippen LogP contribution in [0.4, 0.5) is 14.5 Å². The zero-order valence-corrected chi connectivity index (χ0v) is 14.4. The predicted molar refractivity (Wildman–Crippen MR) is 93.2 cm³/mol. The average Bonchev–Trinajstić information content (AvgIpc) is 3.39. The summed E-state index contributed by atoms with van der Waals surface area (Å²) >= 11 is 0. The second kappa shape index (κ2) is 5.51. The Labute approximate surface area is 152 Å². The quantitative estimate of drug-likeness (QED) is 0.858. The third-order valence-electron chi connectivity index (χ3n) is 6.20. The molecule has 1 aromatic heterocycles. The molecule has 27 heavy (non-hydrogen) atoms. The van der Waals surface area contributed by atoms with E-state index in [1.807, 2.05) is 0 Å². The number of carbonyl (C=O) groups is 1. The Balaban J connectivity index is 1.73. The van der Waals surface area contributed by atoms with Crippen LogP contribution in [0.3, 0.4) is 0 Å². The Hall–Kier alpha value is -2.48. The van der Waals surface area contributed by atoms with Crippen molar-refractivity contribution >= 4 is 22.6 Å². The second-order valence-electron chi connectivity index (χ2n) is 7.86. The van der Waals surface area contributed by atoms with Gasteiger partial charge in [0.2, 0.25) is 5.43 Å². The van der Waals surface area contributed by atoms with Gasteiger partial charge in [-0.1, -0.05) is 0 Å². The van der Waals surface area contributed by atoms with Crippen LogP contribution in [0.1, 0.15) is 35.7 Å². The number of benzene rings is 1. The molecule has 1 aliphatic heterocycles. The molecule has 5 rings (SSSR count). The summed E-state index contributed by atoms with van der Waals surface area (Å²) in [7, 11) is 0. The summed E-state index contributed by atoms with van der Waals surface area (Å²) in [5.41, 5.74) is -1.59. The smallest absolute Gasteiger partial charge is 0.341 e. The van der Waals surface area contributed by atoms with Crippen molar-refractivity contribution in [3.8, 4) is 0 Å².